The van der Waals surface area contributed by atoms with Crippen molar-refractivity contribution in [1.82, 2.24) is 0 Å². The summed E-state index contributed by atoms with van der Waals surface area (Å²) in [6.07, 6.45) is 4.79. The molecular formula is C24H28N2O3S. The van der Waals surface area contributed by atoms with Gasteiger partial charge in [-0.3, -0.25) is 9.59 Å². The van der Waals surface area contributed by atoms with Crippen LogP contribution in [0.5, 0.6) is 0 Å². The second-order valence-corrected chi connectivity index (χ2v) is 9.23. The summed E-state index contributed by atoms with van der Waals surface area (Å²) in [5.41, 5.74) is 5.25. The molecule has 2 aliphatic heterocycles. The SMILES string of the molecule is O=C(CCCc1ccc2c(c1)CC(=O)N2)Nc1cccc(CSC2CCOCC2)c1. The van der Waals surface area contributed by atoms with Gasteiger partial charge < -0.3 is 15.4 Å². The normalized spacial score (nSPS) is 16.2. The van der Waals surface area contributed by atoms with Gasteiger partial charge in [-0.15, -0.1) is 0 Å². The van der Waals surface area contributed by atoms with Crippen molar-refractivity contribution in [3.8, 4) is 0 Å². The highest BCUT2D eigenvalue weighted by Crippen LogP contribution is 2.27. The fourth-order valence-corrected chi connectivity index (χ4v) is 5.04. The number of aryl methyl sites for hydroxylation is 1. The topological polar surface area (TPSA) is 67.4 Å². The zero-order valence-corrected chi connectivity index (χ0v) is 17.9. The van der Waals surface area contributed by atoms with E-state index in [1.165, 1.54) is 11.1 Å². The lowest BCUT2D eigenvalue weighted by Crippen LogP contribution is -2.17. The van der Waals surface area contributed by atoms with E-state index in [1.54, 1.807) is 0 Å². The molecule has 30 heavy (non-hydrogen) atoms. The van der Waals surface area contributed by atoms with Crippen LogP contribution < -0.4 is 10.6 Å². The molecule has 0 unspecified atom stereocenters. The van der Waals surface area contributed by atoms with Gasteiger partial charge >= 0.3 is 0 Å². The molecule has 2 heterocycles. The number of rotatable bonds is 8. The van der Waals surface area contributed by atoms with Crippen LogP contribution in [-0.4, -0.2) is 30.3 Å². The fraction of sp³-hybridized carbons (Fsp3) is 0.417. The minimum atomic E-state index is 0.0437. The number of anilines is 2. The Labute approximate surface area is 182 Å². The van der Waals surface area contributed by atoms with Gasteiger partial charge in [-0.1, -0.05) is 24.3 Å². The molecule has 0 bridgehead atoms. The summed E-state index contributed by atoms with van der Waals surface area (Å²) < 4.78 is 5.42. The summed E-state index contributed by atoms with van der Waals surface area (Å²) >= 11 is 1.98. The number of ether oxygens (including phenoxy) is 1. The Morgan fingerprint density at radius 1 is 1.13 bits per heavy atom. The lowest BCUT2D eigenvalue weighted by atomic mass is 10.0. The number of thioether (sulfide) groups is 1. The van der Waals surface area contributed by atoms with Gasteiger partial charge in [0.05, 0.1) is 6.42 Å². The van der Waals surface area contributed by atoms with E-state index in [-0.39, 0.29) is 11.8 Å². The van der Waals surface area contributed by atoms with Crippen LogP contribution >= 0.6 is 11.8 Å². The zero-order chi connectivity index (χ0) is 20.8. The summed E-state index contributed by atoms with van der Waals surface area (Å²) in [7, 11) is 0. The molecule has 6 heteroatoms. The Morgan fingerprint density at radius 3 is 2.87 bits per heavy atom. The maximum absolute atomic E-state index is 12.4. The van der Waals surface area contributed by atoms with Gasteiger partial charge in [-0.05, 0) is 60.6 Å². The van der Waals surface area contributed by atoms with Crippen LogP contribution in [0.25, 0.3) is 0 Å². The summed E-state index contributed by atoms with van der Waals surface area (Å²) in [5.74, 6) is 1.06. The molecule has 0 aromatic heterocycles. The number of benzene rings is 2. The average molecular weight is 425 g/mol. The molecule has 5 nitrogen and oxygen atoms in total. The smallest absolute Gasteiger partial charge is 0.228 e. The number of amides is 2. The summed E-state index contributed by atoms with van der Waals surface area (Å²) in [6, 6.07) is 14.2. The first-order valence-electron chi connectivity index (χ1n) is 10.7. The minimum Gasteiger partial charge on any atom is -0.381 e. The molecule has 2 aromatic rings. The molecule has 2 aliphatic rings. The molecule has 4 rings (SSSR count). The van der Waals surface area contributed by atoms with Crippen molar-refractivity contribution >= 4 is 35.0 Å². The molecule has 1 saturated heterocycles. The first-order chi connectivity index (χ1) is 14.7. The molecule has 0 spiro atoms. The highest BCUT2D eigenvalue weighted by Gasteiger charge is 2.17. The first-order valence-corrected chi connectivity index (χ1v) is 11.7. The quantitative estimate of drug-likeness (QED) is 0.652. The van der Waals surface area contributed by atoms with E-state index >= 15 is 0 Å². The van der Waals surface area contributed by atoms with Crippen molar-refractivity contribution in [3.63, 3.8) is 0 Å². The number of hydrogen-bond acceptors (Lipinski definition) is 4. The molecule has 0 saturated carbocycles. The Morgan fingerprint density at radius 2 is 2.00 bits per heavy atom. The van der Waals surface area contributed by atoms with Crippen LogP contribution in [0.15, 0.2) is 42.5 Å². The fourth-order valence-electron chi connectivity index (χ4n) is 3.91. The van der Waals surface area contributed by atoms with Crippen molar-refractivity contribution in [2.24, 2.45) is 0 Å². The van der Waals surface area contributed by atoms with Crippen LogP contribution in [0.2, 0.25) is 0 Å². The Balaban J connectivity index is 1.21. The second kappa shape index (κ2) is 10.1. The van der Waals surface area contributed by atoms with Crippen molar-refractivity contribution in [3.05, 3.63) is 59.2 Å². The maximum atomic E-state index is 12.4. The zero-order valence-electron chi connectivity index (χ0n) is 17.1. The van der Waals surface area contributed by atoms with Gasteiger partial charge in [-0.2, -0.15) is 11.8 Å². The van der Waals surface area contributed by atoms with E-state index in [2.05, 4.69) is 28.8 Å². The molecule has 1 fully saturated rings. The predicted molar refractivity (Wildman–Crippen MR) is 122 cm³/mol. The lowest BCUT2D eigenvalue weighted by molar-refractivity contribution is -0.116. The molecule has 2 aromatic carbocycles. The molecule has 0 aliphatic carbocycles. The highest BCUT2D eigenvalue weighted by molar-refractivity contribution is 7.99. The summed E-state index contributed by atoms with van der Waals surface area (Å²) in [6.45, 7) is 1.74. The monoisotopic (exact) mass is 424 g/mol. The number of fused-ring (bicyclic) bond motifs is 1. The van der Waals surface area contributed by atoms with Crippen LogP contribution in [0.3, 0.4) is 0 Å². The van der Waals surface area contributed by atoms with Gasteiger partial charge in [0.15, 0.2) is 0 Å². The van der Waals surface area contributed by atoms with Crippen molar-refractivity contribution < 1.29 is 14.3 Å². The molecule has 2 amide bonds. The van der Waals surface area contributed by atoms with Gasteiger partial charge in [0.25, 0.3) is 0 Å². The van der Waals surface area contributed by atoms with Gasteiger partial charge in [0, 0.05) is 42.0 Å². The number of nitrogens with one attached hydrogen (secondary N) is 2. The van der Waals surface area contributed by atoms with Crippen molar-refractivity contribution in [1.29, 1.82) is 0 Å². The molecule has 2 N–H and O–H groups in total. The van der Waals surface area contributed by atoms with Crippen LogP contribution in [-0.2, 0) is 32.9 Å². The van der Waals surface area contributed by atoms with E-state index in [4.69, 9.17) is 4.74 Å². The molecule has 0 radical (unpaired) electrons. The number of carbonyl (C=O) groups is 2. The van der Waals surface area contributed by atoms with Gasteiger partial charge in [0.1, 0.15) is 0 Å². The third-order valence-electron chi connectivity index (χ3n) is 5.53. The Kier molecular flexibility index (Phi) is 7.07. The molecule has 0 atom stereocenters. The summed E-state index contributed by atoms with van der Waals surface area (Å²) in [5, 5.41) is 6.55. The van der Waals surface area contributed by atoms with E-state index < -0.39 is 0 Å². The Hall–Kier alpha value is -2.31. The van der Waals surface area contributed by atoms with Gasteiger partial charge in [-0.25, -0.2) is 0 Å². The molecule has 158 valence electrons. The standard InChI is InChI=1S/C24H28N2O3S/c27-23(6-2-3-17-7-8-22-19(13-17)15-24(28)26-22)25-20-5-1-4-18(14-20)16-30-21-9-11-29-12-10-21/h1,4-5,7-8,13-14,21H,2-3,6,9-12,15-16H2,(H,25,27)(H,26,28). The van der Waals surface area contributed by atoms with Crippen LogP contribution in [0, 0.1) is 0 Å². The largest absolute Gasteiger partial charge is 0.381 e. The Bertz CT molecular complexity index is 909. The van der Waals surface area contributed by atoms with Crippen molar-refractivity contribution in [2.75, 3.05) is 23.8 Å². The van der Waals surface area contributed by atoms with Crippen LogP contribution in [0.4, 0.5) is 11.4 Å². The summed E-state index contributed by atoms with van der Waals surface area (Å²) in [4.78, 5) is 23.8. The number of hydrogen-bond donors (Lipinski definition) is 2. The second-order valence-electron chi connectivity index (χ2n) is 7.94. The van der Waals surface area contributed by atoms with E-state index in [9.17, 15) is 9.59 Å². The highest BCUT2D eigenvalue weighted by atomic mass is 32.2. The van der Waals surface area contributed by atoms with E-state index in [0.717, 1.165) is 61.6 Å². The first kappa shape index (κ1) is 20.9. The minimum absolute atomic E-state index is 0.0437. The predicted octanol–water partition coefficient (Wildman–Crippen LogP) is 4.55. The maximum Gasteiger partial charge on any atom is 0.228 e. The van der Waals surface area contributed by atoms with Crippen molar-refractivity contribution in [2.45, 2.75) is 49.5 Å². The van der Waals surface area contributed by atoms with E-state index in [1.807, 2.05) is 36.0 Å². The van der Waals surface area contributed by atoms with Gasteiger partial charge in [0.2, 0.25) is 11.8 Å². The lowest BCUT2D eigenvalue weighted by Gasteiger charge is -2.21. The van der Waals surface area contributed by atoms with Crippen LogP contribution in [0.1, 0.15) is 42.4 Å². The van der Waals surface area contributed by atoms with E-state index in [0.29, 0.717) is 18.1 Å². The number of carbonyl (C=O) groups excluding carboxylic acids is 2. The third kappa shape index (κ3) is 5.86. The average Bonchev–Trinajstić information content (AvgIpc) is 3.12. The third-order valence-corrected chi connectivity index (χ3v) is 6.97. The molecular weight excluding hydrogens is 396 g/mol.